The summed E-state index contributed by atoms with van der Waals surface area (Å²) in [6.07, 6.45) is 0. The summed E-state index contributed by atoms with van der Waals surface area (Å²) >= 11 is 0. The first-order chi connectivity index (χ1) is 12.8. The molecule has 1 aromatic heterocycles. The quantitative estimate of drug-likeness (QED) is 0.515. The van der Waals surface area contributed by atoms with E-state index in [1.54, 1.807) is 19.1 Å². The lowest BCUT2D eigenvalue weighted by molar-refractivity contribution is 0.0468. The van der Waals surface area contributed by atoms with Gasteiger partial charge in [-0.2, -0.15) is 0 Å². The smallest absolute Gasteiger partial charge is 0.338 e. The number of ether oxygens (including phenoxy) is 1. The van der Waals surface area contributed by atoms with E-state index in [2.05, 4.69) is 4.72 Å². The van der Waals surface area contributed by atoms with Crippen LogP contribution >= 0.6 is 0 Å². The number of rotatable bonds is 6. The van der Waals surface area contributed by atoms with Gasteiger partial charge in [-0.05, 0) is 38.2 Å². The Labute approximate surface area is 156 Å². The largest absolute Gasteiger partial charge is 0.454 e. The first kappa shape index (κ1) is 18.8. The van der Waals surface area contributed by atoms with Crippen LogP contribution in [0.2, 0.25) is 0 Å². The Morgan fingerprint density at radius 3 is 2.56 bits per heavy atom. The number of furan rings is 1. The highest BCUT2D eigenvalue weighted by molar-refractivity contribution is 7.89. The van der Waals surface area contributed by atoms with Crippen LogP contribution in [-0.2, 0) is 14.8 Å². The number of benzene rings is 2. The summed E-state index contributed by atoms with van der Waals surface area (Å²) in [5.41, 5.74) is 1.28. The van der Waals surface area contributed by atoms with Crippen molar-refractivity contribution in [2.24, 2.45) is 0 Å². The molecule has 8 heteroatoms. The average molecular weight is 387 g/mol. The zero-order chi connectivity index (χ0) is 19.6. The number of fused-ring (bicyclic) bond motifs is 1. The third kappa shape index (κ3) is 3.76. The molecule has 0 radical (unpaired) electrons. The van der Waals surface area contributed by atoms with Crippen LogP contribution in [0.4, 0.5) is 0 Å². The van der Waals surface area contributed by atoms with E-state index < -0.39 is 28.4 Å². The Balaban J connectivity index is 1.74. The zero-order valence-electron chi connectivity index (χ0n) is 14.7. The minimum atomic E-state index is -3.69. The molecular formula is C19H17NO6S. The standard InChI is InChI=1S/C19H17NO6S/c1-12-15-8-3-4-9-17(15)26-18(12)16(21)11-25-19(22)13-6-5-7-14(10-13)27(23,24)20-2/h3-10,20H,11H2,1-2H3. The summed E-state index contributed by atoms with van der Waals surface area (Å²) < 4.78 is 36.4. The molecule has 0 saturated heterocycles. The van der Waals surface area contributed by atoms with Gasteiger partial charge in [0.15, 0.2) is 12.4 Å². The monoisotopic (exact) mass is 387 g/mol. The van der Waals surface area contributed by atoms with Crippen LogP contribution < -0.4 is 4.72 Å². The number of sulfonamides is 1. The van der Waals surface area contributed by atoms with Crippen molar-refractivity contribution >= 4 is 32.7 Å². The van der Waals surface area contributed by atoms with Crippen LogP contribution in [0.5, 0.6) is 0 Å². The topological polar surface area (TPSA) is 103 Å². The van der Waals surface area contributed by atoms with Crippen molar-refractivity contribution in [3.8, 4) is 0 Å². The predicted molar refractivity (Wildman–Crippen MR) is 98.3 cm³/mol. The average Bonchev–Trinajstić information content (AvgIpc) is 3.03. The van der Waals surface area contributed by atoms with Gasteiger partial charge < -0.3 is 9.15 Å². The van der Waals surface area contributed by atoms with Gasteiger partial charge in [0.1, 0.15) is 5.58 Å². The number of para-hydroxylation sites is 1. The summed E-state index contributed by atoms with van der Waals surface area (Å²) in [7, 11) is -2.42. The van der Waals surface area contributed by atoms with Crippen LogP contribution in [0, 0.1) is 6.92 Å². The number of esters is 1. The van der Waals surface area contributed by atoms with E-state index >= 15 is 0 Å². The van der Waals surface area contributed by atoms with Gasteiger partial charge in [0, 0.05) is 10.9 Å². The number of hydrogen-bond donors (Lipinski definition) is 1. The van der Waals surface area contributed by atoms with Crippen molar-refractivity contribution in [3.63, 3.8) is 0 Å². The number of hydrogen-bond acceptors (Lipinski definition) is 6. The van der Waals surface area contributed by atoms with Crippen molar-refractivity contribution in [1.82, 2.24) is 4.72 Å². The van der Waals surface area contributed by atoms with Crippen molar-refractivity contribution < 1.29 is 27.2 Å². The predicted octanol–water partition coefficient (Wildman–Crippen LogP) is 2.69. The van der Waals surface area contributed by atoms with Gasteiger partial charge in [-0.1, -0.05) is 24.3 Å². The maximum absolute atomic E-state index is 12.4. The lowest BCUT2D eigenvalue weighted by Gasteiger charge is -2.06. The second-order valence-corrected chi connectivity index (χ2v) is 7.67. The molecule has 0 aliphatic heterocycles. The number of carbonyl (C=O) groups excluding carboxylic acids is 2. The van der Waals surface area contributed by atoms with E-state index in [-0.39, 0.29) is 16.2 Å². The van der Waals surface area contributed by atoms with Crippen LogP contribution in [-0.4, -0.2) is 33.8 Å². The lowest BCUT2D eigenvalue weighted by atomic mass is 10.1. The molecule has 0 fully saturated rings. The molecule has 3 aromatic rings. The molecular weight excluding hydrogens is 370 g/mol. The molecule has 1 heterocycles. The maximum Gasteiger partial charge on any atom is 0.338 e. The van der Waals surface area contributed by atoms with Crippen molar-refractivity contribution in [2.45, 2.75) is 11.8 Å². The summed E-state index contributed by atoms with van der Waals surface area (Å²) in [6, 6.07) is 12.6. The highest BCUT2D eigenvalue weighted by atomic mass is 32.2. The first-order valence-corrected chi connectivity index (χ1v) is 9.54. The normalized spacial score (nSPS) is 11.5. The minimum Gasteiger partial charge on any atom is -0.454 e. The Morgan fingerprint density at radius 2 is 1.85 bits per heavy atom. The molecule has 1 N–H and O–H groups in total. The Morgan fingerprint density at radius 1 is 1.11 bits per heavy atom. The highest BCUT2D eigenvalue weighted by Crippen LogP contribution is 2.25. The van der Waals surface area contributed by atoms with Gasteiger partial charge in [-0.25, -0.2) is 17.9 Å². The molecule has 3 rings (SSSR count). The minimum absolute atomic E-state index is 0.0282. The van der Waals surface area contributed by atoms with Gasteiger partial charge in [0.05, 0.1) is 10.5 Å². The third-order valence-corrected chi connectivity index (χ3v) is 5.49. The molecule has 0 bridgehead atoms. The molecule has 0 aliphatic rings. The van der Waals surface area contributed by atoms with E-state index in [0.717, 1.165) is 5.39 Å². The van der Waals surface area contributed by atoms with Crippen LogP contribution in [0.25, 0.3) is 11.0 Å². The number of carbonyl (C=O) groups is 2. The van der Waals surface area contributed by atoms with Gasteiger partial charge in [0.25, 0.3) is 0 Å². The van der Waals surface area contributed by atoms with Gasteiger partial charge in [-0.15, -0.1) is 0 Å². The van der Waals surface area contributed by atoms with Gasteiger partial charge in [0.2, 0.25) is 15.8 Å². The van der Waals surface area contributed by atoms with E-state index in [4.69, 9.17) is 9.15 Å². The van der Waals surface area contributed by atoms with Crippen molar-refractivity contribution in [1.29, 1.82) is 0 Å². The van der Waals surface area contributed by atoms with E-state index in [9.17, 15) is 18.0 Å². The van der Waals surface area contributed by atoms with Crippen LogP contribution in [0.1, 0.15) is 26.5 Å². The second kappa shape index (κ2) is 7.34. The Kier molecular flexibility index (Phi) is 5.11. The molecule has 27 heavy (non-hydrogen) atoms. The fourth-order valence-corrected chi connectivity index (χ4v) is 3.40. The molecule has 7 nitrogen and oxygen atoms in total. The molecule has 0 atom stereocenters. The molecule has 0 aliphatic carbocycles. The lowest BCUT2D eigenvalue weighted by Crippen LogP contribution is -2.19. The number of aryl methyl sites for hydroxylation is 1. The van der Waals surface area contributed by atoms with Crippen LogP contribution in [0.15, 0.2) is 57.8 Å². The maximum atomic E-state index is 12.4. The second-order valence-electron chi connectivity index (χ2n) is 5.79. The molecule has 0 unspecified atom stereocenters. The summed E-state index contributed by atoms with van der Waals surface area (Å²) in [5.74, 6) is -1.14. The number of Topliss-reactive ketones (excluding diaryl/α,β-unsaturated/α-hetero) is 1. The fourth-order valence-electron chi connectivity index (χ4n) is 2.63. The van der Waals surface area contributed by atoms with Crippen molar-refractivity contribution in [2.75, 3.05) is 13.7 Å². The first-order valence-electron chi connectivity index (χ1n) is 8.05. The summed E-state index contributed by atoms with van der Waals surface area (Å²) in [4.78, 5) is 24.5. The van der Waals surface area contributed by atoms with E-state index in [1.807, 2.05) is 12.1 Å². The Hall–Kier alpha value is -2.97. The van der Waals surface area contributed by atoms with E-state index in [1.165, 1.54) is 31.3 Å². The summed E-state index contributed by atoms with van der Waals surface area (Å²) in [6.45, 7) is 1.25. The Bertz CT molecular complexity index is 1130. The van der Waals surface area contributed by atoms with Gasteiger partial charge in [-0.3, -0.25) is 4.79 Å². The summed E-state index contributed by atoms with van der Waals surface area (Å²) in [5, 5.41) is 0.817. The number of ketones is 1. The molecule has 0 amide bonds. The SMILES string of the molecule is CNS(=O)(=O)c1cccc(C(=O)OCC(=O)c2oc3ccccc3c2C)c1. The molecule has 0 saturated carbocycles. The highest BCUT2D eigenvalue weighted by Gasteiger charge is 2.20. The van der Waals surface area contributed by atoms with E-state index in [0.29, 0.717) is 11.1 Å². The van der Waals surface area contributed by atoms with Gasteiger partial charge >= 0.3 is 5.97 Å². The fraction of sp³-hybridized carbons (Fsp3) is 0.158. The third-order valence-electron chi connectivity index (χ3n) is 4.08. The number of nitrogens with one attached hydrogen (secondary N) is 1. The molecule has 0 spiro atoms. The molecule has 140 valence electrons. The zero-order valence-corrected chi connectivity index (χ0v) is 15.5. The van der Waals surface area contributed by atoms with Crippen molar-refractivity contribution in [3.05, 3.63) is 65.4 Å². The van der Waals surface area contributed by atoms with Crippen LogP contribution in [0.3, 0.4) is 0 Å². The molecule has 2 aromatic carbocycles.